The Kier molecular flexibility index (Phi) is 5.84. The number of hydrogen-bond donors (Lipinski definition) is 0. The number of non-ortho nitro benzene ring substituents is 1. The van der Waals surface area contributed by atoms with Crippen LogP contribution in [0.5, 0.6) is 0 Å². The van der Waals surface area contributed by atoms with E-state index in [1.54, 1.807) is 0 Å². The van der Waals surface area contributed by atoms with Crippen LogP contribution in [0.4, 0.5) is 5.69 Å². The molecule has 2 fully saturated rings. The summed E-state index contributed by atoms with van der Waals surface area (Å²) in [6.07, 6.45) is 0.244. The van der Waals surface area contributed by atoms with Crippen molar-refractivity contribution in [1.82, 2.24) is 0 Å². The Labute approximate surface area is 155 Å². The minimum atomic E-state index is -0.532. The maximum atomic E-state index is 12.3. The van der Waals surface area contributed by atoms with Gasteiger partial charge in [0.05, 0.1) is 23.4 Å². The summed E-state index contributed by atoms with van der Waals surface area (Å²) >= 11 is 0. The molecule has 1 heterocycles. The van der Waals surface area contributed by atoms with Gasteiger partial charge < -0.3 is 14.2 Å². The molecule has 0 bridgehead atoms. The van der Waals surface area contributed by atoms with Crippen LogP contribution in [0.2, 0.25) is 0 Å². The lowest BCUT2D eigenvalue weighted by Crippen LogP contribution is -2.23. The van der Waals surface area contributed by atoms with Crippen LogP contribution in [-0.2, 0) is 19.0 Å². The lowest BCUT2D eigenvalue weighted by Gasteiger charge is -2.18. The van der Waals surface area contributed by atoms with E-state index in [0.717, 1.165) is 0 Å². The van der Waals surface area contributed by atoms with E-state index in [-0.39, 0.29) is 54.5 Å². The van der Waals surface area contributed by atoms with E-state index in [9.17, 15) is 19.7 Å². The number of benzene rings is 1. The summed E-state index contributed by atoms with van der Waals surface area (Å²) in [4.78, 5) is 34.0. The largest absolute Gasteiger partial charge is 0.462 e. The summed E-state index contributed by atoms with van der Waals surface area (Å²) in [5, 5.41) is 10.7. The van der Waals surface area contributed by atoms with Gasteiger partial charge >= 0.3 is 5.97 Å². The lowest BCUT2D eigenvalue weighted by atomic mass is 9.92. The first-order chi connectivity index (χ1) is 13.0. The van der Waals surface area contributed by atoms with Gasteiger partial charge in [-0.1, -0.05) is 5.92 Å². The molecule has 1 saturated heterocycles. The fourth-order valence-corrected chi connectivity index (χ4v) is 3.41. The van der Waals surface area contributed by atoms with Gasteiger partial charge in [-0.3, -0.25) is 19.7 Å². The molecule has 3 rings (SSSR count). The third-order valence-corrected chi connectivity index (χ3v) is 4.75. The zero-order valence-corrected chi connectivity index (χ0v) is 14.8. The zero-order valence-electron chi connectivity index (χ0n) is 14.8. The van der Waals surface area contributed by atoms with Crippen molar-refractivity contribution in [3.63, 3.8) is 0 Å². The van der Waals surface area contributed by atoms with Crippen LogP contribution >= 0.6 is 0 Å². The predicted molar refractivity (Wildman–Crippen MR) is 92.7 cm³/mol. The number of nitro benzene ring substituents is 1. The molecule has 1 aromatic carbocycles. The fraction of sp³-hybridized carbons (Fsp3) is 0.474. The number of nitro groups is 1. The van der Waals surface area contributed by atoms with Gasteiger partial charge in [-0.05, 0) is 25.0 Å². The second-order valence-corrected chi connectivity index (χ2v) is 6.38. The number of nitrogens with zero attached hydrogens (tertiary/aromatic N) is 1. The molecule has 0 amide bonds. The van der Waals surface area contributed by atoms with E-state index in [1.807, 2.05) is 6.92 Å². The fourth-order valence-electron chi connectivity index (χ4n) is 3.41. The van der Waals surface area contributed by atoms with Crippen molar-refractivity contribution in [2.75, 3.05) is 13.4 Å². The van der Waals surface area contributed by atoms with Crippen LogP contribution in [0.1, 0.15) is 30.1 Å². The average molecular weight is 373 g/mol. The Morgan fingerprint density at radius 2 is 2.11 bits per heavy atom. The van der Waals surface area contributed by atoms with E-state index >= 15 is 0 Å². The molecule has 1 aromatic rings. The van der Waals surface area contributed by atoms with Crippen molar-refractivity contribution in [3.05, 3.63) is 39.9 Å². The first-order valence-corrected chi connectivity index (χ1v) is 8.68. The highest BCUT2D eigenvalue weighted by atomic mass is 16.7. The molecular weight excluding hydrogens is 354 g/mol. The van der Waals surface area contributed by atoms with E-state index in [0.29, 0.717) is 13.0 Å². The summed E-state index contributed by atoms with van der Waals surface area (Å²) in [6.45, 7) is 2.49. The summed E-state index contributed by atoms with van der Waals surface area (Å²) in [5.74, 6) is 4.40. The molecule has 1 aliphatic heterocycles. The van der Waals surface area contributed by atoms with Crippen LogP contribution in [0.25, 0.3) is 0 Å². The molecule has 0 radical (unpaired) electrons. The molecular formula is C19H19NO7. The Morgan fingerprint density at radius 3 is 2.78 bits per heavy atom. The van der Waals surface area contributed by atoms with E-state index in [2.05, 4.69) is 11.8 Å². The second-order valence-electron chi connectivity index (χ2n) is 6.38. The summed E-state index contributed by atoms with van der Waals surface area (Å²) in [6, 6.07) is 5.27. The molecule has 0 unspecified atom stereocenters. The van der Waals surface area contributed by atoms with Crippen molar-refractivity contribution in [2.45, 2.75) is 32.0 Å². The molecule has 1 aliphatic carbocycles. The van der Waals surface area contributed by atoms with Crippen LogP contribution in [-0.4, -0.2) is 42.3 Å². The van der Waals surface area contributed by atoms with Crippen LogP contribution in [0.3, 0.4) is 0 Å². The average Bonchev–Trinajstić information content (AvgIpc) is 3.15. The maximum absolute atomic E-state index is 12.3. The van der Waals surface area contributed by atoms with Gasteiger partial charge in [0.15, 0.2) is 0 Å². The molecule has 0 aromatic heterocycles. The highest BCUT2D eigenvalue weighted by Crippen LogP contribution is 2.42. The zero-order chi connectivity index (χ0) is 19.4. The number of esters is 1. The van der Waals surface area contributed by atoms with Gasteiger partial charge in [-0.15, -0.1) is 0 Å². The first-order valence-electron chi connectivity index (χ1n) is 8.68. The molecule has 0 spiro atoms. The highest BCUT2D eigenvalue weighted by molar-refractivity contribution is 6.09. The van der Waals surface area contributed by atoms with Crippen molar-refractivity contribution >= 4 is 17.4 Å². The molecule has 1 saturated carbocycles. The lowest BCUT2D eigenvalue weighted by molar-refractivity contribution is -0.384. The smallest absolute Gasteiger partial charge is 0.306 e. The molecule has 0 N–H and O–H groups in total. The third-order valence-electron chi connectivity index (χ3n) is 4.75. The summed E-state index contributed by atoms with van der Waals surface area (Å²) in [5.41, 5.74) is 0.178. The Morgan fingerprint density at radius 1 is 1.37 bits per heavy atom. The summed E-state index contributed by atoms with van der Waals surface area (Å²) in [7, 11) is 0. The molecule has 4 atom stereocenters. The minimum Gasteiger partial charge on any atom is -0.462 e. The van der Waals surface area contributed by atoms with Crippen molar-refractivity contribution in [3.8, 4) is 11.8 Å². The van der Waals surface area contributed by atoms with Crippen LogP contribution in [0, 0.1) is 33.8 Å². The highest BCUT2D eigenvalue weighted by Gasteiger charge is 2.50. The predicted octanol–water partition coefficient (Wildman–Crippen LogP) is 2.11. The topological polar surface area (TPSA) is 105 Å². The van der Waals surface area contributed by atoms with Crippen molar-refractivity contribution < 1.29 is 28.7 Å². The van der Waals surface area contributed by atoms with Gasteiger partial charge in [0.25, 0.3) is 5.69 Å². The van der Waals surface area contributed by atoms with Crippen molar-refractivity contribution in [2.24, 2.45) is 11.8 Å². The number of ether oxygens (including phenoxy) is 3. The molecule has 8 nitrogen and oxygen atoms in total. The normalized spacial score (nSPS) is 26.0. The second kappa shape index (κ2) is 8.29. The first kappa shape index (κ1) is 19.0. The minimum absolute atomic E-state index is 0.0934. The number of ketones is 1. The number of carbonyl (C=O) groups excluding carboxylic acids is 2. The Bertz CT molecular complexity index is 793. The van der Waals surface area contributed by atoms with Crippen LogP contribution in [0.15, 0.2) is 24.3 Å². The molecule has 27 heavy (non-hydrogen) atoms. The third kappa shape index (κ3) is 4.32. The summed E-state index contributed by atoms with van der Waals surface area (Å²) < 4.78 is 16.2. The Balaban J connectivity index is 1.73. The number of fused-ring (bicyclic) bond motifs is 1. The van der Waals surface area contributed by atoms with Gasteiger partial charge in [0, 0.05) is 36.6 Å². The molecule has 2 aliphatic rings. The number of carbonyl (C=O) groups is 2. The molecule has 142 valence electrons. The van der Waals surface area contributed by atoms with E-state index in [1.165, 1.54) is 24.3 Å². The van der Waals surface area contributed by atoms with Gasteiger partial charge in [0.1, 0.15) is 12.9 Å². The monoisotopic (exact) mass is 373 g/mol. The quantitative estimate of drug-likeness (QED) is 0.110. The van der Waals surface area contributed by atoms with Gasteiger partial charge in [0.2, 0.25) is 5.78 Å². The number of rotatable bonds is 6. The Hall–Kier alpha value is -2.76. The van der Waals surface area contributed by atoms with Crippen molar-refractivity contribution in [1.29, 1.82) is 0 Å². The number of Topliss-reactive ketones (excluding diaryl/α,β-unsaturated/α-hetero) is 1. The van der Waals surface area contributed by atoms with Gasteiger partial charge in [-0.25, -0.2) is 0 Å². The maximum Gasteiger partial charge on any atom is 0.306 e. The standard InChI is InChI=1S/C19H19NO7/c1-2-25-11-26-17-10-18-15(9-19(22)27-18)14(17)7-8-16(21)12-3-5-13(6-4-12)20(23)24/h3-6,14-15,17-18H,2,9-11H2,1H3/t14-,15-,17-,18+/m1/s1. The van der Waals surface area contributed by atoms with E-state index < -0.39 is 10.7 Å². The van der Waals surface area contributed by atoms with Gasteiger partial charge in [-0.2, -0.15) is 0 Å². The SMILES string of the molecule is CCOCO[C@@H]1C[C@@H]2OC(=O)C[C@@H]2[C@H]1C#CC(=O)c1ccc([N+](=O)[O-])cc1. The van der Waals surface area contributed by atoms with Crippen LogP contribution < -0.4 is 0 Å². The van der Waals surface area contributed by atoms with E-state index in [4.69, 9.17) is 14.2 Å². The molecule has 8 heteroatoms. The number of hydrogen-bond acceptors (Lipinski definition) is 7.